The third-order valence-corrected chi connectivity index (χ3v) is 2.98. The number of fused-ring (bicyclic) bond motifs is 1. The monoisotopic (exact) mass is 230 g/mol. The Bertz CT molecular complexity index is 479. The van der Waals surface area contributed by atoms with Crippen molar-refractivity contribution in [2.24, 2.45) is 0 Å². The summed E-state index contributed by atoms with van der Waals surface area (Å²) in [5, 5.41) is 13.6. The van der Waals surface area contributed by atoms with Crippen LogP contribution >= 0.6 is 0 Å². The topological polar surface area (TPSA) is 45.1 Å². The number of rotatable bonds is 5. The Labute approximate surface area is 102 Å². The van der Waals surface area contributed by atoms with Crippen molar-refractivity contribution in [1.29, 1.82) is 0 Å². The number of pyridine rings is 1. The highest BCUT2D eigenvalue weighted by atomic mass is 16.3. The van der Waals surface area contributed by atoms with Crippen molar-refractivity contribution in [3.63, 3.8) is 0 Å². The predicted molar refractivity (Wildman–Crippen MR) is 71.1 cm³/mol. The number of aliphatic hydroxyl groups is 1. The molecule has 2 aromatic rings. The van der Waals surface area contributed by atoms with Crippen LogP contribution in [0.25, 0.3) is 10.9 Å². The van der Waals surface area contributed by atoms with Gasteiger partial charge in [0.25, 0.3) is 0 Å². The molecule has 0 aliphatic carbocycles. The Balaban J connectivity index is 2.28. The first-order valence-corrected chi connectivity index (χ1v) is 6.06. The van der Waals surface area contributed by atoms with Gasteiger partial charge in [-0.2, -0.15) is 0 Å². The van der Waals surface area contributed by atoms with Crippen molar-refractivity contribution in [1.82, 2.24) is 4.98 Å². The fraction of sp³-hybridized carbons (Fsp3) is 0.357. The smallest absolute Gasteiger partial charge is 0.0722 e. The van der Waals surface area contributed by atoms with Crippen LogP contribution < -0.4 is 5.32 Å². The zero-order valence-corrected chi connectivity index (χ0v) is 10.1. The van der Waals surface area contributed by atoms with Crippen molar-refractivity contribution in [2.75, 3.05) is 11.9 Å². The molecule has 3 heteroatoms. The molecule has 3 nitrogen and oxygen atoms in total. The van der Waals surface area contributed by atoms with E-state index in [1.807, 2.05) is 30.5 Å². The quantitative estimate of drug-likeness (QED) is 0.830. The highest BCUT2D eigenvalue weighted by Gasteiger charge is 2.07. The number of para-hydroxylation sites is 1. The molecule has 0 saturated heterocycles. The van der Waals surface area contributed by atoms with E-state index in [1.54, 1.807) is 0 Å². The van der Waals surface area contributed by atoms with E-state index in [9.17, 15) is 0 Å². The number of nitrogens with zero attached hydrogens (tertiary/aromatic N) is 1. The second-order valence-electron chi connectivity index (χ2n) is 4.14. The van der Waals surface area contributed by atoms with Gasteiger partial charge in [0, 0.05) is 29.9 Å². The Morgan fingerprint density at radius 3 is 2.88 bits per heavy atom. The molecule has 1 atom stereocenters. The van der Waals surface area contributed by atoms with Crippen molar-refractivity contribution in [2.45, 2.75) is 25.8 Å². The van der Waals surface area contributed by atoms with Crippen LogP contribution in [0.2, 0.25) is 0 Å². The van der Waals surface area contributed by atoms with Gasteiger partial charge in [-0.15, -0.1) is 0 Å². The molecular formula is C14H18N2O. The van der Waals surface area contributed by atoms with Gasteiger partial charge in [0.2, 0.25) is 0 Å². The summed E-state index contributed by atoms with van der Waals surface area (Å²) in [6.45, 7) is 2.34. The van der Waals surface area contributed by atoms with E-state index in [-0.39, 0.29) is 6.61 Å². The highest BCUT2D eigenvalue weighted by molar-refractivity contribution is 5.90. The van der Waals surface area contributed by atoms with Gasteiger partial charge in [0.05, 0.1) is 5.52 Å². The normalized spacial score (nSPS) is 12.6. The summed E-state index contributed by atoms with van der Waals surface area (Å²) in [6, 6.07) is 10.4. The van der Waals surface area contributed by atoms with Crippen LogP contribution in [0.4, 0.5) is 5.69 Å². The summed E-state index contributed by atoms with van der Waals surface area (Å²) in [4.78, 5) is 4.33. The van der Waals surface area contributed by atoms with E-state index in [0.717, 1.165) is 29.4 Å². The van der Waals surface area contributed by atoms with Crippen LogP contribution in [-0.4, -0.2) is 22.7 Å². The number of hydrogen-bond acceptors (Lipinski definition) is 3. The lowest BCUT2D eigenvalue weighted by molar-refractivity contribution is 0.278. The van der Waals surface area contributed by atoms with Gasteiger partial charge in [-0.05, 0) is 25.0 Å². The molecule has 17 heavy (non-hydrogen) atoms. The molecule has 1 aromatic heterocycles. The highest BCUT2D eigenvalue weighted by Crippen LogP contribution is 2.22. The molecule has 1 aromatic carbocycles. The van der Waals surface area contributed by atoms with Gasteiger partial charge < -0.3 is 10.4 Å². The van der Waals surface area contributed by atoms with E-state index in [0.29, 0.717) is 6.04 Å². The van der Waals surface area contributed by atoms with Crippen molar-refractivity contribution < 1.29 is 5.11 Å². The molecule has 1 unspecified atom stereocenters. The zero-order chi connectivity index (χ0) is 12.1. The summed E-state index contributed by atoms with van der Waals surface area (Å²) >= 11 is 0. The standard InChI is InChI=1S/C14H18N2O/c1-2-11(8-10-17)16-14-7-9-15-13-6-4-3-5-12(13)14/h3-7,9,11,17H,2,8,10H2,1H3,(H,15,16). The van der Waals surface area contributed by atoms with E-state index >= 15 is 0 Å². The summed E-state index contributed by atoms with van der Waals surface area (Å²) in [6.07, 6.45) is 3.58. The second kappa shape index (κ2) is 5.64. The molecule has 0 bridgehead atoms. The lowest BCUT2D eigenvalue weighted by Gasteiger charge is -2.18. The lowest BCUT2D eigenvalue weighted by atomic mass is 10.1. The minimum absolute atomic E-state index is 0.217. The Morgan fingerprint density at radius 1 is 1.29 bits per heavy atom. The molecule has 0 saturated carbocycles. The summed E-state index contributed by atoms with van der Waals surface area (Å²) in [7, 11) is 0. The molecule has 0 aliphatic rings. The van der Waals surface area contributed by atoms with Gasteiger partial charge in [-0.25, -0.2) is 0 Å². The Hall–Kier alpha value is -1.61. The first kappa shape index (κ1) is 11.9. The first-order chi connectivity index (χ1) is 8.35. The largest absolute Gasteiger partial charge is 0.396 e. The fourth-order valence-electron chi connectivity index (χ4n) is 1.98. The third kappa shape index (κ3) is 2.74. The van der Waals surface area contributed by atoms with Gasteiger partial charge in [-0.1, -0.05) is 25.1 Å². The van der Waals surface area contributed by atoms with Crippen LogP contribution in [0, 0.1) is 0 Å². The number of hydrogen-bond donors (Lipinski definition) is 2. The van der Waals surface area contributed by atoms with Crippen LogP contribution in [0.3, 0.4) is 0 Å². The maximum Gasteiger partial charge on any atom is 0.0722 e. The molecule has 0 aliphatic heterocycles. The van der Waals surface area contributed by atoms with Crippen LogP contribution in [0.15, 0.2) is 36.5 Å². The SMILES string of the molecule is CCC(CCO)Nc1ccnc2ccccc12. The molecule has 0 spiro atoms. The van der Waals surface area contributed by atoms with Gasteiger partial charge in [0.15, 0.2) is 0 Å². The third-order valence-electron chi connectivity index (χ3n) is 2.98. The van der Waals surface area contributed by atoms with E-state index in [1.165, 1.54) is 0 Å². The van der Waals surface area contributed by atoms with Gasteiger partial charge in [-0.3, -0.25) is 4.98 Å². The summed E-state index contributed by atoms with van der Waals surface area (Å²) < 4.78 is 0. The Kier molecular flexibility index (Phi) is 3.94. The van der Waals surface area contributed by atoms with Crippen molar-refractivity contribution in [3.05, 3.63) is 36.5 Å². The average molecular weight is 230 g/mol. The van der Waals surface area contributed by atoms with Gasteiger partial charge >= 0.3 is 0 Å². The molecule has 90 valence electrons. The minimum Gasteiger partial charge on any atom is -0.396 e. The summed E-state index contributed by atoms with van der Waals surface area (Å²) in [5.41, 5.74) is 2.09. The average Bonchev–Trinajstić information content (AvgIpc) is 2.38. The van der Waals surface area contributed by atoms with Crippen molar-refractivity contribution >= 4 is 16.6 Å². The number of aliphatic hydroxyl groups excluding tert-OH is 1. The predicted octanol–water partition coefficient (Wildman–Crippen LogP) is 2.81. The minimum atomic E-state index is 0.217. The maximum absolute atomic E-state index is 9.01. The molecule has 0 fully saturated rings. The number of nitrogens with one attached hydrogen (secondary N) is 1. The molecule has 0 amide bonds. The second-order valence-corrected chi connectivity index (χ2v) is 4.14. The Morgan fingerprint density at radius 2 is 2.12 bits per heavy atom. The fourth-order valence-corrected chi connectivity index (χ4v) is 1.98. The number of aromatic nitrogens is 1. The molecule has 1 heterocycles. The van der Waals surface area contributed by atoms with Crippen LogP contribution in [0.1, 0.15) is 19.8 Å². The lowest BCUT2D eigenvalue weighted by Crippen LogP contribution is -2.19. The van der Waals surface area contributed by atoms with E-state index < -0.39 is 0 Å². The van der Waals surface area contributed by atoms with Crippen LogP contribution in [-0.2, 0) is 0 Å². The molecule has 0 radical (unpaired) electrons. The zero-order valence-electron chi connectivity index (χ0n) is 10.1. The molecule has 2 rings (SSSR count). The maximum atomic E-state index is 9.01. The molecule has 2 N–H and O–H groups in total. The number of benzene rings is 1. The number of anilines is 1. The van der Waals surface area contributed by atoms with E-state index in [2.05, 4.69) is 23.3 Å². The van der Waals surface area contributed by atoms with Gasteiger partial charge in [0.1, 0.15) is 0 Å². The molecular weight excluding hydrogens is 212 g/mol. The van der Waals surface area contributed by atoms with Crippen LogP contribution in [0.5, 0.6) is 0 Å². The van der Waals surface area contributed by atoms with E-state index in [4.69, 9.17) is 5.11 Å². The summed E-state index contributed by atoms with van der Waals surface area (Å²) in [5.74, 6) is 0. The van der Waals surface area contributed by atoms with Crippen molar-refractivity contribution in [3.8, 4) is 0 Å². The first-order valence-electron chi connectivity index (χ1n) is 6.06.